The molecule has 0 amide bonds. The molecule has 0 unspecified atom stereocenters. The van der Waals surface area contributed by atoms with Gasteiger partial charge in [-0.2, -0.15) is 0 Å². The van der Waals surface area contributed by atoms with E-state index in [9.17, 15) is 12.9 Å². The number of benzene rings is 1. The average Bonchev–Trinajstić information content (AvgIpc) is 3.02. The first kappa shape index (κ1) is 16.6. The van der Waals surface area contributed by atoms with Crippen molar-refractivity contribution in [2.24, 2.45) is 5.92 Å². The van der Waals surface area contributed by atoms with Gasteiger partial charge in [0.05, 0.1) is 6.61 Å². The second-order valence-corrected chi connectivity index (χ2v) is 4.68. The third-order valence-electron chi connectivity index (χ3n) is 3.06. The predicted octanol–water partition coefficient (Wildman–Crippen LogP) is 0.232. The third kappa shape index (κ3) is 4.89. The molecule has 1 aliphatic rings. The van der Waals surface area contributed by atoms with Crippen molar-refractivity contribution in [3.05, 3.63) is 23.8 Å². The molecule has 0 aliphatic heterocycles. The van der Waals surface area contributed by atoms with Crippen molar-refractivity contribution in [3.63, 3.8) is 0 Å². The SMILES string of the molecule is Cc1cc([B-](F)(F)F)ccc1OCCC1CC1.[K+]. The van der Waals surface area contributed by atoms with Gasteiger partial charge in [0, 0.05) is 0 Å². The number of halogens is 3. The molecule has 0 N–H and O–H groups in total. The van der Waals surface area contributed by atoms with E-state index in [0.29, 0.717) is 17.9 Å². The van der Waals surface area contributed by atoms with Gasteiger partial charge in [-0.15, -0.1) is 5.46 Å². The van der Waals surface area contributed by atoms with Crippen molar-refractivity contribution < 1.29 is 69.1 Å². The van der Waals surface area contributed by atoms with Crippen molar-refractivity contribution in [1.82, 2.24) is 0 Å². The van der Waals surface area contributed by atoms with Gasteiger partial charge in [0.2, 0.25) is 0 Å². The Balaban J connectivity index is 0.00000162. The minimum Gasteiger partial charge on any atom is -0.493 e. The van der Waals surface area contributed by atoms with Gasteiger partial charge in [-0.05, 0) is 30.9 Å². The number of rotatable bonds is 5. The zero-order valence-corrected chi connectivity index (χ0v) is 13.9. The van der Waals surface area contributed by atoms with Gasteiger partial charge in [-0.1, -0.05) is 25.0 Å². The summed E-state index contributed by atoms with van der Waals surface area (Å²) in [4.78, 5) is 0. The Morgan fingerprint density at radius 1 is 1.28 bits per heavy atom. The fourth-order valence-electron chi connectivity index (χ4n) is 1.78. The largest absolute Gasteiger partial charge is 1.00 e. The van der Waals surface area contributed by atoms with Crippen LogP contribution in [0.4, 0.5) is 12.9 Å². The Labute approximate surface area is 148 Å². The molecule has 94 valence electrons. The maximum Gasteiger partial charge on any atom is 1.00 e. The van der Waals surface area contributed by atoms with Gasteiger partial charge in [0.1, 0.15) is 5.75 Å². The van der Waals surface area contributed by atoms with E-state index in [2.05, 4.69) is 0 Å². The maximum absolute atomic E-state index is 12.5. The average molecular weight is 282 g/mol. The zero-order chi connectivity index (χ0) is 12.5. The Bertz CT molecular complexity index is 405. The number of ether oxygens (including phenoxy) is 1. The summed E-state index contributed by atoms with van der Waals surface area (Å²) in [6, 6.07) is 3.68. The number of hydrogen-bond donors (Lipinski definition) is 0. The molecule has 0 atom stereocenters. The molecule has 1 saturated carbocycles. The molecule has 1 nitrogen and oxygen atoms in total. The van der Waals surface area contributed by atoms with Crippen molar-refractivity contribution in [2.75, 3.05) is 6.61 Å². The molecule has 0 aromatic heterocycles. The Morgan fingerprint density at radius 3 is 2.44 bits per heavy atom. The van der Waals surface area contributed by atoms with Gasteiger partial charge in [-0.25, -0.2) is 0 Å². The van der Waals surface area contributed by atoms with Crippen LogP contribution in [0.2, 0.25) is 0 Å². The van der Waals surface area contributed by atoms with E-state index >= 15 is 0 Å². The van der Waals surface area contributed by atoms with Crippen LogP contribution in [0.1, 0.15) is 24.8 Å². The molecule has 0 heterocycles. The van der Waals surface area contributed by atoms with E-state index in [0.717, 1.165) is 24.5 Å². The van der Waals surface area contributed by atoms with E-state index in [4.69, 9.17) is 4.74 Å². The summed E-state index contributed by atoms with van der Waals surface area (Å²) in [7, 11) is 0. The summed E-state index contributed by atoms with van der Waals surface area (Å²) in [5.74, 6) is 1.34. The van der Waals surface area contributed by atoms with Crippen LogP contribution in [0, 0.1) is 12.8 Å². The summed E-state index contributed by atoms with van der Waals surface area (Å²) >= 11 is 0. The van der Waals surface area contributed by atoms with Gasteiger partial charge in [-0.3, -0.25) is 0 Å². The first-order valence-corrected chi connectivity index (χ1v) is 5.90. The van der Waals surface area contributed by atoms with E-state index in [1.807, 2.05) is 0 Å². The molecule has 1 aliphatic carbocycles. The van der Waals surface area contributed by atoms with E-state index in [1.54, 1.807) is 6.92 Å². The van der Waals surface area contributed by atoms with Crippen LogP contribution in [0.3, 0.4) is 0 Å². The van der Waals surface area contributed by atoms with Crippen LogP contribution in [0.25, 0.3) is 0 Å². The van der Waals surface area contributed by atoms with Crippen LogP contribution in [0.15, 0.2) is 18.2 Å². The quantitative estimate of drug-likeness (QED) is 0.703. The molecule has 6 heteroatoms. The second-order valence-electron chi connectivity index (χ2n) is 4.68. The fourth-order valence-corrected chi connectivity index (χ4v) is 1.78. The first-order valence-electron chi connectivity index (χ1n) is 5.90. The van der Waals surface area contributed by atoms with Crippen LogP contribution in [-0.2, 0) is 0 Å². The van der Waals surface area contributed by atoms with E-state index < -0.39 is 12.4 Å². The predicted molar refractivity (Wildman–Crippen MR) is 62.7 cm³/mol. The normalized spacial score (nSPS) is 15.1. The van der Waals surface area contributed by atoms with E-state index in [1.165, 1.54) is 18.9 Å². The standard InChI is InChI=1S/C12H15BF3O.K/c1-9-8-11(13(14,15)16)4-5-12(9)17-7-6-10-2-3-10;/h4-5,8,10H,2-3,6-7H2,1H3;/q-1;+1. The van der Waals surface area contributed by atoms with E-state index in [-0.39, 0.29) is 51.4 Å². The molecule has 0 spiro atoms. The molecule has 0 saturated heterocycles. The molecule has 18 heavy (non-hydrogen) atoms. The third-order valence-corrected chi connectivity index (χ3v) is 3.06. The first-order chi connectivity index (χ1) is 7.97. The molecule has 0 radical (unpaired) electrons. The summed E-state index contributed by atoms with van der Waals surface area (Å²) < 4.78 is 43.0. The monoisotopic (exact) mass is 282 g/mol. The minimum absolute atomic E-state index is 0. The van der Waals surface area contributed by atoms with Crippen molar-refractivity contribution in [3.8, 4) is 5.75 Å². The van der Waals surface area contributed by atoms with Crippen LogP contribution in [0.5, 0.6) is 5.75 Å². The Kier molecular flexibility index (Phi) is 6.25. The smallest absolute Gasteiger partial charge is 0.493 e. The topological polar surface area (TPSA) is 9.23 Å². The number of aryl methyl sites for hydroxylation is 1. The van der Waals surface area contributed by atoms with Gasteiger partial charge in [0.15, 0.2) is 0 Å². The molecule has 1 fully saturated rings. The molecule has 1 aromatic carbocycles. The molecule has 1 aromatic rings. The Morgan fingerprint density at radius 2 is 1.94 bits per heavy atom. The van der Waals surface area contributed by atoms with Crippen molar-refractivity contribution >= 4 is 12.4 Å². The molecular formula is C12H15BF3KO. The van der Waals surface area contributed by atoms with Crippen molar-refractivity contribution in [1.29, 1.82) is 0 Å². The fraction of sp³-hybridized carbons (Fsp3) is 0.500. The van der Waals surface area contributed by atoms with Gasteiger partial charge < -0.3 is 17.7 Å². The van der Waals surface area contributed by atoms with Crippen LogP contribution >= 0.6 is 0 Å². The minimum atomic E-state index is -4.91. The molecule has 2 rings (SSSR count). The number of hydrogen-bond acceptors (Lipinski definition) is 1. The summed E-state index contributed by atoms with van der Waals surface area (Å²) in [5.41, 5.74) is -0.00506. The molecular weight excluding hydrogens is 267 g/mol. The van der Waals surface area contributed by atoms with Gasteiger partial charge in [0.25, 0.3) is 0 Å². The summed E-state index contributed by atoms with van der Waals surface area (Å²) in [5, 5.41) is 0. The Hall–Kier alpha value is 0.511. The summed E-state index contributed by atoms with van der Waals surface area (Å²) in [6.07, 6.45) is 3.53. The van der Waals surface area contributed by atoms with Crippen molar-refractivity contribution in [2.45, 2.75) is 26.2 Å². The van der Waals surface area contributed by atoms with Gasteiger partial charge >= 0.3 is 58.4 Å². The summed E-state index contributed by atoms with van der Waals surface area (Å²) in [6.45, 7) is -2.66. The van der Waals surface area contributed by atoms with Crippen LogP contribution < -0.4 is 61.6 Å². The maximum atomic E-state index is 12.5. The molecule has 0 bridgehead atoms. The van der Waals surface area contributed by atoms with Crippen LogP contribution in [-0.4, -0.2) is 13.6 Å². The zero-order valence-electron chi connectivity index (χ0n) is 10.8. The second kappa shape index (κ2) is 6.79.